The molecule has 1 saturated heterocycles. The van der Waals surface area contributed by atoms with Gasteiger partial charge in [0.15, 0.2) is 18.4 Å². The van der Waals surface area contributed by atoms with Gasteiger partial charge < -0.3 is 14.2 Å². The molecule has 0 spiro atoms. The first-order valence-electron chi connectivity index (χ1n) is 9.74. The third-order valence-electron chi connectivity index (χ3n) is 5.13. The van der Waals surface area contributed by atoms with E-state index in [1.807, 2.05) is 0 Å². The Labute approximate surface area is 189 Å². The number of rotatable bonds is 5. The van der Waals surface area contributed by atoms with Gasteiger partial charge in [-0.2, -0.15) is 21.6 Å². The second kappa shape index (κ2) is 8.56. The average molecular weight is 506 g/mol. The number of alkyl halides is 3. The first kappa shape index (κ1) is 24.0. The fourth-order valence-electron chi connectivity index (χ4n) is 3.68. The van der Waals surface area contributed by atoms with E-state index in [1.54, 1.807) is 30.3 Å². The van der Waals surface area contributed by atoms with E-state index in [0.29, 0.717) is 10.1 Å². The van der Waals surface area contributed by atoms with Crippen molar-refractivity contribution in [1.82, 2.24) is 9.13 Å². The minimum absolute atomic E-state index is 0.200. The summed E-state index contributed by atoms with van der Waals surface area (Å²) >= 11 is 0. The quantitative estimate of drug-likeness (QED) is 0.323. The minimum Gasteiger partial charge on any atom is -0.476 e. The summed E-state index contributed by atoms with van der Waals surface area (Å²) in [6.07, 6.45) is -6.86. The predicted molar refractivity (Wildman–Crippen MR) is 105 cm³/mol. The molecule has 15 heteroatoms. The molecule has 1 aromatic heterocycles. The van der Waals surface area contributed by atoms with Gasteiger partial charge in [-0.25, -0.2) is 9.36 Å². The highest BCUT2D eigenvalue weighted by molar-refractivity contribution is 7.87. The van der Waals surface area contributed by atoms with Crippen LogP contribution in [0, 0.1) is 0 Å². The maximum Gasteiger partial charge on any atom is 0.523 e. The van der Waals surface area contributed by atoms with Crippen LogP contribution in [0.5, 0.6) is 5.88 Å². The van der Waals surface area contributed by atoms with Crippen LogP contribution in [0.1, 0.15) is 18.7 Å². The number of hydrogen-bond acceptors (Lipinski definition) is 9. The van der Waals surface area contributed by atoms with Crippen molar-refractivity contribution in [3.8, 4) is 5.88 Å². The molecule has 2 aromatic rings. The van der Waals surface area contributed by atoms with E-state index in [0.717, 1.165) is 17.6 Å². The number of esters is 1. The third-order valence-corrected chi connectivity index (χ3v) is 6.17. The highest BCUT2D eigenvalue weighted by Gasteiger charge is 2.58. The summed E-state index contributed by atoms with van der Waals surface area (Å²) in [7, 11) is -6.18. The number of carbonyl (C=O) groups excluding carboxylic acids is 1. The molecule has 4 rings (SSSR count). The topological polar surface area (TPSA) is 132 Å². The Morgan fingerprint density at radius 3 is 2.47 bits per heavy atom. The molecule has 3 heterocycles. The van der Waals surface area contributed by atoms with E-state index in [4.69, 9.17) is 14.2 Å². The normalized spacial score (nSPS) is 24.1. The van der Waals surface area contributed by atoms with Crippen LogP contribution >= 0.6 is 0 Å². The summed E-state index contributed by atoms with van der Waals surface area (Å²) in [5.74, 6) is -1.33. The molecule has 0 unspecified atom stereocenters. The number of benzene rings is 1. The van der Waals surface area contributed by atoms with Crippen molar-refractivity contribution in [3.05, 3.63) is 62.8 Å². The van der Waals surface area contributed by atoms with E-state index in [9.17, 15) is 36.0 Å². The SMILES string of the molecule is CC(=O)O[C@H]1[C@@H](OS(=O)(=O)C(F)(F)F)[C@H]2O[C@@H]1COc1cc(=O)n(Cc3ccccc3)c(=O)n12. The molecule has 2 aliphatic rings. The van der Waals surface area contributed by atoms with Gasteiger partial charge in [0.1, 0.15) is 12.7 Å². The van der Waals surface area contributed by atoms with Gasteiger partial charge in [-0.05, 0) is 5.56 Å². The van der Waals surface area contributed by atoms with Gasteiger partial charge in [-0.1, -0.05) is 30.3 Å². The predicted octanol–water partition coefficient (Wildman–Crippen LogP) is 0.515. The Balaban J connectivity index is 1.83. The summed E-state index contributed by atoms with van der Waals surface area (Å²) in [4.78, 5) is 37.4. The smallest absolute Gasteiger partial charge is 0.476 e. The summed E-state index contributed by atoms with van der Waals surface area (Å²) in [6.45, 7) is 0.278. The molecule has 184 valence electrons. The summed E-state index contributed by atoms with van der Waals surface area (Å²) in [5, 5.41) is 0. The molecule has 1 aromatic carbocycles. The molecule has 4 atom stereocenters. The molecule has 0 aliphatic carbocycles. The second-order valence-electron chi connectivity index (χ2n) is 7.46. The van der Waals surface area contributed by atoms with Crippen molar-refractivity contribution in [2.45, 2.75) is 43.5 Å². The van der Waals surface area contributed by atoms with Crippen LogP contribution in [0.4, 0.5) is 13.2 Å². The Hall–Kier alpha value is -3.17. The first-order chi connectivity index (χ1) is 15.9. The fraction of sp³-hybridized carbons (Fsp3) is 0.421. The van der Waals surface area contributed by atoms with Crippen molar-refractivity contribution in [2.24, 2.45) is 0 Å². The van der Waals surface area contributed by atoms with Crippen molar-refractivity contribution in [1.29, 1.82) is 0 Å². The number of nitrogens with zero attached hydrogens (tertiary/aromatic N) is 2. The van der Waals surface area contributed by atoms with Crippen molar-refractivity contribution in [3.63, 3.8) is 0 Å². The lowest BCUT2D eigenvalue weighted by Crippen LogP contribution is -2.48. The summed E-state index contributed by atoms with van der Waals surface area (Å²) in [5.41, 5.74) is -7.06. The monoisotopic (exact) mass is 506 g/mol. The molecular weight excluding hydrogens is 489 g/mol. The maximum absolute atomic E-state index is 13.2. The van der Waals surface area contributed by atoms with Gasteiger partial charge in [-0.15, -0.1) is 0 Å². The molecule has 0 saturated carbocycles. The number of halogens is 3. The standard InChI is InChI=1S/C19H17F3N2O9S/c1-10(25)31-15-12-9-30-14-7-13(26)23(8-11-5-3-2-4-6-11)18(27)24(14)17(32-12)16(15)33-34(28,29)19(20,21)22/h2-7,12,15-17H,8-9H2,1H3/t12-,15-,16-,17-/m1/s1. The van der Waals surface area contributed by atoms with Crippen LogP contribution in [0.15, 0.2) is 46.0 Å². The molecule has 11 nitrogen and oxygen atoms in total. The minimum atomic E-state index is -6.18. The van der Waals surface area contributed by atoms with Crippen LogP contribution < -0.4 is 16.0 Å². The van der Waals surface area contributed by atoms with Gasteiger partial charge >= 0.3 is 27.3 Å². The van der Waals surface area contributed by atoms with Crippen LogP contribution in [-0.2, 0) is 35.1 Å². The number of ether oxygens (including phenoxy) is 3. The van der Waals surface area contributed by atoms with E-state index < -0.39 is 64.0 Å². The molecule has 34 heavy (non-hydrogen) atoms. The van der Waals surface area contributed by atoms with E-state index in [1.165, 1.54) is 0 Å². The highest BCUT2D eigenvalue weighted by Crippen LogP contribution is 2.40. The van der Waals surface area contributed by atoms with Crippen LogP contribution in [0.25, 0.3) is 0 Å². The summed E-state index contributed by atoms with van der Waals surface area (Å²) < 4.78 is 84.4. The first-order valence-corrected chi connectivity index (χ1v) is 11.2. The van der Waals surface area contributed by atoms with E-state index in [-0.39, 0.29) is 12.4 Å². The lowest BCUT2D eigenvalue weighted by molar-refractivity contribution is -0.153. The van der Waals surface area contributed by atoms with Gasteiger partial charge in [-0.3, -0.25) is 18.3 Å². The summed E-state index contributed by atoms with van der Waals surface area (Å²) in [6, 6.07) is 9.26. The molecular formula is C19H17F3N2O9S. The number of fused-ring (bicyclic) bond motifs is 4. The Morgan fingerprint density at radius 2 is 1.85 bits per heavy atom. The molecule has 0 radical (unpaired) electrons. The Kier molecular flexibility index (Phi) is 6.03. The molecule has 0 N–H and O–H groups in total. The molecule has 2 aliphatic heterocycles. The Bertz CT molecular complexity index is 1320. The second-order valence-corrected chi connectivity index (χ2v) is 9.02. The van der Waals surface area contributed by atoms with Crippen molar-refractivity contribution in [2.75, 3.05) is 6.61 Å². The maximum atomic E-state index is 13.2. The van der Waals surface area contributed by atoms with Gasteiger partial charge in [0.25, 0.3) is 5.56 Å². The third kappa shape index (κ3) is 4.33. The Morgan fingerprint density at radius 1 is 1.18 bits per heavy atom. The molecule has 0 amide bonds. The fourth-order valence-corrected chi connectivity index (χ4v) is 4.29. The molecule has 2 bridgehead atoms. The number of hydrogen-bond donors (Lipinski definition) is 0. The van der Waals surface area contributed by atoms with Crippen LogP contribution in [-0.4, -0.2) is 53.9 Å². The zero-order chi connectivity index (χ0) is 24.8. The zero-order valence-electron chi connectivity index (χ0n) is 17.3. The van der Waals surface area contributed by atoms with Gasteiger partial charge in [0.2, 0.25) is 5.88 Å². The van der Waals surface area contributed by atoms with E-state index >= 15 is 0 Å². The zero-order valence-corrected chi connectivity index (χ0v) is 18.1. The lowest BCUT2D eigenvalue weighted by Gasteiger charge is -2.27. The largest absolute Gasteiger partial charge is 0.523 e. The lowest BCUT2D eigenvalue weighted by atomic mass is 10.1. The van der Waals surface area contributed by atoms with Crippen molar-refractivity contribution >= 4 is 16.1 Å². The van der Waals surface area contributed by atoms with Crippen molar-refractivity contribution < 1.29 is 44.8 Å². The van der Waals surface area contributed by atoms with Gasteiger partial charge in [0, 0.05) is 6.92 Å². The average Bonchev–Trinajstić information content (AvgIpc) is 2.93. The number of aromatic nitrogens is 2. The van der Waals surface area contributed by atoms with E-state index in [2.05, 4.69) is 4.18 Å². The number of carbonyl (C=O) groups is 1. The van der Waals surface area contributed by atoms with Gasteiger partial charge in [0.05, 0.1) is 12.6 Å². The van der Waals surface area contributed by atoms with Crippen LogP contribution in [0.3, 0.4) is 0 Å². The highest BCUT2D eigenvalue weighted by atomic mass is 32.2. The van der Waals surface area contributed by atoms with Crippen LogP contribution in [0.2, 0.25) is 0 Å². The molecule has 1 fully saturated rings.